The highest BCUT2D eigenvalue weighted by molar-refractivity contribution is 5.70. The Bertz CT molecular complexity index is 218. The van der Waals surface area contributed by atoms with Gasteiger partial charge in [-0.15, -0.1) is 0 Å². The molecule has 16 heavy (non-hydrogen) atoms. The van der Waals surface area contributed by atoms with E-state index in [9.17, 15) is 4.79 Å². The molecule has 0 radical (unpaired) electrons. The van der Waals surface area contributed by atoms with E-state index in [2.05, 4.69) is 27.7 Å². The first kappa shape index (κ1) is 15.5. The minimum Gasteiger partial charge on any atom is -0.465 e. The molecule has 0 N–H and O–H groups in total. The first-order chi connectivity index (χ1) is 6.99. The van der Waals surface area contributed by atoms with Crippen molar-refractivity contribution in [3.8, 4) is 0 Å². The summed E-state index contributed by atoms with van der Waals surface area (Å²) in [7, 11) is 0. The summed E-state index contributed by atoms with van der Waals surface area (Å²) in [5.74, 6) is 0.358. The van der Waals surface area contributed by atoms with Crippen LogP contribution in [0.2, 0.25) is 0 Å². The van der Waals surface area contributed by atoms with Gasteiger partial charge in [-0.2, -0.15) is 0 Å². The molecule has 2 heteroatoms. The van der Waals surface area contributed by atoms with Crippen molar-refractivity contribution < 1.29 is 9.53 Å². The second-order valence-electron chi connectivity index (χ2n) is 7.29. The lowest BCUT2D eigenvalue weighted by Gasteiger charge is -2.23. The Morgan fingerprint density at radius 1 is 1.06 bits per heavy atom. The number of hydrogen-bond donors (Lipinski definition) is 0. The summed E-state index contributed by atoms with van der Waals surface area (Å²) in [5, 5.41) is 0. The Morgan fingerprint density at radius 2 is 1.56 bits per heavy atom. The van der Waals surface area contributed by atoms with Crippen molar-refractivity contribution in [3.05, 3.63) is 0 Å². The average Bonchev–Trinajstić information content (AvgIpc) is 1.94. The molecule has 0 fully saturated rings. The molecule has 0 aromatic carbocycles. The van der Waals surface area contributed by atoms with Crippen LogP contribution < -0.4 is 0 Å². The van der Waals surface area contributed by atoms with Gasteiger partial charge in [0, 0.05) is 0 Å². The predicted octanol–water partition coefficient (Wildman–Crippen LogP) is 4.04. The molecule has 0 bridgehead atoms. The van der Waals surface area contributed by atoms with E-state index >= 15 is 0 Å². The van der Waals surface area contributed by atoms with Crippen LogP contribution in [0.1, 0.15) is 61.3 Å². The molecular formula is C14H28O2. The summed E-state index contributed by atoms with van der Waals surface area (Å²) in [4.78, 5) is 11.5. The Labute approximate surface area is 101 Å². The Morgan fingerprint density at radius 3 is 1.94 bits per heavy atom. The third-order valence-corrected chi connectivity index (χ3v) is 2.16. The molecule has 96 valence electrons. The van der Waals surface area contributed by atoms with Crippen LogP contribution >= 0.6 is 0 Å². The SMILES string of the molecule is C[C@H](COC(=O)CC(C)(C)C)CC(C)(C)C. The molecular weight excluding hydrogens is 200 g/mol. The van der Waals surface area contributed by atoms with Gasteiger partial charge in [-0.1, -0.05) is 48.5 Å². The van der Waals surface area contributed by atoms with Crippen LogP contribution in [-0.4, -0.2) is 12.6 Å². The molecule has 2 nitrogen and oxygen atoms in total. The number of esters is 1. The van der Waals surface area contributed by atoms with Gasteiger partial charge in [0.1, 0.15) is 0 Å². The maximum Gasteiger partial charge on any atom is 0.306 e. The van der Waals surface area contributed by atoms with E-state index in [1.165, 1.54) is 0 Å². The fraction of sp³-hybridized carbons (Fsp3) is 0.929. The molecule has 0 aromatic rings. The van der Waals surface area contributed by atoms with E-state index in [4.69, 9.17) is 4.74 Å². The minimum absolute atomic E-state index is 0.0182. The average molecular weight is 228 g/mol. The normalized spacial score (nSPS) is 14.7. The first-order valence-electron chi connectivity index (χ1n) is 6.15. The molecule has 0 saturated heterocycles. The molecule has 0 aliphatic heterocycles. The highest BCUT2D eigenvalue weighted by Gasteiger charge is 2.19. The Balaban J connectivity index is 3.85. The molecule has 0 aliphatic carbocycles. The van der Waals surface area contributed by atoms with Gasteiger partial charge in [-0.3, -0.25) is 4.79 Å². The quantitative estimate of drug-likeness (QED) is 0.679. The van der Waals surface area contributed by atoms with Crippen molar-refractivity contribution >= 4 is 5.97 Å². The smallest absolute Gasteiger partial charge is 0.306 e. The highest BCUT2D eigenvalue weighted by atomic mass is 16.5. The first-order valence-corrected chi connectivity index (χ1v) is 6.15. The number of hydrogen-bond acceptors (Lipinski definition) is 2. The van der Waals surface area contributed by atoms with Gasteiger partial charge >= 0.3 is 5.97 Å². The van der Waals surface area contributed by atoms with Crippen LogP contribution in [0, 0.1) is 16.7 Å². The number of ether oxygens (including phenoxy) is 1. The molecule has 1 atom stereocenters. The lowest BCUT2D eigenvalue weighted by molar-refractivity contribution is -0.147. The summed E-state index contributed by atoms with van der Waals surface area (Å²) in [6.45, 7) is 15.5. The molecule has 0 aliphatic rings. The second kappa shape index (κ2) is 5.70. The summed E-state index contributed by atoms with van der Waals surface area (Å²) in [6.07, 6.45) is 1.57. The molecule has 0 saturated carbocycles. The lowest BCUT2D eigenvalue weighted by atomic mass is 9.86. The van der Waals surface area contributed by atoms with E-state index in [1.807, 2.05) is 20.8 Å². The van der Waals surface area contributed by atoms with E-state index in [-0.39, 0.29) is 11.4 Å². The largest absolute Gasteiger partial charge is 0.465 e. The zero-order chi connectivity index (χ0) is 13.0. The summed E-state index contributed by atoms with van der Waals surface area (Å²) in [6, 6.07) is 0. The van der Waals surface area contributed by atoms with Crippen molar-refractivity contribution in [2.24, 2.45) is 16.7 Å². The summed E-state index contributed by atoms with van der Waals surface area (Å²) < 4.78 is 5.29. The molecule has 0 heterocycles. The molecule has 0 rings (SSSR count). The number of carbonyl (C=O) groups is 1. The van der Waals surface area contributed by atoms with E-state index in [0.29, 0.717) is 24.4 Å². The zero-order valence-corrected chi connectivity index (χ0v) is 12.0. The highest BCUT2D eigenvalue weighted by Crippen LogP contribution is 2.25. The fourth-order valence-corrected chi connectivity index (χ4v) is 1.82. The fourth-order valence-electron chi connectivity index (χ4n) is 1.82. The van der Waals surface area contributed by atoms with Crippen molar-refractivity contribution in [2.45, 2.75) is 61.3 Å². The topological polar surface area (TPSA) is 26.3 Å². The summed E-state index contributed by atoms with van der Waals surface area (Å²) >= 11 is 0. The van der Waals surface area contributed by atoms with E-state index in [1.54, 1.807) is 0 Å². The van der Waals surface area contributed by atoms with Crippen LogP contribution in [0.15, 0.2) is 0 Å². The Kier molecular flexibility index (Phi) is 5.51. The van der Waals surface area contributed by atoms with Crippen LogP contribution in [0.4, 0.5) is 0 Å². The molecule has 0 amide bonds. The monoisotopic (exact) mass is 228 g/mol. The van der Waals surface area contributed by atoms with Gasteiger partial charge in [-0.05, 0) is 23.2 Å². The van der Waals surface area contributed by atoms with Crippen molar-refractivity contribution in [3.63, 3.8) is 0 Å². The van der Waals surface area contributed by atoms with Gasteiger partial charge < -0.3 is 4.74 Å². The van der Waals surface area contributed by atoms with E-state index < -0.39 is 0 Å². The van der Waals surface area contributed by atoms with Gasteiger partial charge in [0.2, 0.25) is 0 Å². The second-order valence-corrected chi connectivity index (χ2v) is 7.29. The third-order valence-electron chi connectivity index (χ3n) is 2.16. The van der Waals surface area contributed by atoms with Gasteiger partial charge in [0.15, 0.2) is 0 Å². The van der Waals surface area contributed by atoms with Crippen LogP contribution in [0.5, 0.6) is 0 Å². The van der Waals surface area contributed by atoms with Gasteiger partial charge in [0.05, 0.1) is 13.0 Å². The maximum atomic E-state index is 11.5. The minimum atomic E-state index is -0.0757. The predicted molar refractivity (Wildman–Crippen MR) is 68.3 cm³/mol. The van der Waals surface area contributed by atoms with Crippen LogP contribution in [0.3, 0.4) is 0 Å². The number of carbonyl (C=O) groups excluding carboxylic acids is 1. The van der Waals surface area contributed by atoms with Crippen LogP contribution in [-0.2, 0) is 9.53 Å². The van der Waals surface area contributed by atoms with Crippen LogP contribution in [0.25, 0.3) is 0 Å². The number of rotatable bonds is 4. The maximum absolute atomic E-state index is 11.5. The molecule has 0 aromatic heterocycles. The zero-order valence-electron chi connectivity index (χ0n) is 12.0. The standard InChI is InChI=1S/C14H28O2/c1-11(8-13(2,3)4)10-16-12(15)9-14(5,6)7/h11H,8-10H2,1-7H3/t11-/m0/s1. The Hall–Kier alpha value is -0.530. The van der Waals surface area contributed by atoms with E-state index in [0.717, 1.165) is 6.42 Å². The van der Waals surface area contributed by atoms with Crippen molar-refractivity contribution in [2.75, 3.05) is 6.61 Å². The summed E-state index contributed by atoms with van der Waals surface area (Å²) in [5.41, 5.74) is 0.320. The third kappa shape index (κ3) is 10.0. The van der Waals surface area contributed by atoms with Gasteiger partial charge in [-0.25, -0.2) is 0 Å². The molecule has 0 unspecified atom stereocenters. The van der Waals surface area contributed by atoms with Crippen molar-refractivity contribution in [1.29, 1.82) is 0 Å². The van der Waals surface area contributed by atoms with Crippen molar-refractivity contribution in [1.82, 2.24) is 0 Å². The molecule has 0 spiro atoms. The van der Waals surface area contributed by atoms with Gasteiger partial charge in [0.25, 0.3) is 0 Å². The lowest BCUT2D eigenvalue weighted by Crippen LogP contribution is -2.20.